The maximum Gasteiger partial charge on any atom is 0.252 e. The van der Waals surface area contributed by atoms with Gasteiger partial charge in [0, 0.05) is 26.4 Å². The minimum absolute atomic E-state index is 0.133. The van der Waals surface area contributed by atoms with Crippen LogP contribution in [0.4, 0.5) is 0 Å². The van der Waals surface area contributed by atoms with Gasteiger partial charge in [0.25, 0.3) is 5.91 Å². The van der Waals surface area contributed by atoms with Gasteiger partial charge in [-0.2, -0.15) is 11.8 Å². The van der Waals surface area contributed by atoms with E-state index in [4.69, 9.17) is 0 Å². The Morgan fingerprint density at radius 1 is 1.48 bits per heavy atom. The van der Waals surface area contributed by atoms with Crippen LogP contribution < -0.4 is 5.32 Å². The summed E-state index contributed by atoms with van der Waals surface area (Å²) in [6.07, 6.45) is 0.545. The molecule has 0 radical (unpaired) electrons. The van der Waals surface area contributed by atoms with E-state index in [1.54, 1.807) is 23.5 Å². The number of aliphatic hydroxyl groups is 1. The van der Waals surface area contributed by atoms with E-state index in [0.29, 0.717) is 18.7 Å². The number of halogens is 1. The molecule has 21 heavy (non-hydrogen) atoms. The number of nitrogens with one attached hydrogen (secondary N) is 1. The van der Waals surface area contributed by atoms with Crippen molar-refractivity contribution in [3.05, 3.63) is 28.7 Å². The largest absolute Gasteiger partial charge is 0.379 e. The van der Waals surface area contributed by atoms with E-state index in [9.17, 15) is 9.90 Å². The Labute approximate surface area is 142 Å². The third kappa shape index (κ3) is 4.91. The molecule has 1 aromatic rings. The minimum atomic E-state index is -1.18. The molecule has 0 aliphatic carbocycles. The topological polar surface area (TPSA) is 49.3 Å². The van der Waals surface area contributed by atoms with Gasteiger partial charge in [-0.1, -0.05) is 15.9 Å². The summed E-state index contributed by atoms with van der Waals surface area (Å²) in [5.74, 6) is 1.11. The van der Waals surface area contributed by atoms with Gasteiger partial charge in [-0.05, 0) is 50.3 Å². The van der Waals surface area contributed by atoms with Crippen molar-refractivity contribution in [3.8, 4) is 0 Å². The van der Waals surface area contributed by atoms with Crippen LogP contribution in [0.15, 0.2) is 33.6 Å². The number of carbonyl (C=O) groups excluding carboxylic acids is 1. The van der Waals surface area contributed by atoms with Crippen LogP contribution in [0.2, 0.25) is 0 Å². The molecule has 2 N–H and O–H groups in total. The molecular weight excluding hydrogens is 370 g/mol. The number of benzene rings is 1. The van der Waals surface area contributed by atoms with Crippen molar-refractivity contribution in [2.75, 3.05) is 18.1 Å². The SMILES string of the molecule is CC(C)(CNC(=O)[C@]1(O)CCSC1)Sc1ccc(Br)cc1. The summed E-state index contributed by atoms with van der Waals surface area (Å²) in [6.45, 7) is 4.71. The second kappa shape index (κ2) is 6.94. The molecule has 0 saturated carbocycles. The Balaban J connectivity index is 1.88. The highest BCUT2D eigenvalue weighted by Crippen LogP contribution is 2.33. The summed E-state index contributed by atoms with van der Waals surface area (Å²) in [7, 11) is 0. The number of hydrogen-bond acceptors (Lipinski definition) is 4. The molecule has 1 atom stereocenters. The highest BCUT2D eigenvalue weighted by molar-refractivity contribution is 9.10. The van der Waals surface area contributed by atoms with Gasteiger partial charge in [0.2, 0.25) is 0 Å². The van der Waals surface area contributed by atoms with Gasteiger partial charge in [-0.3, -0.25) is 4.79 Å². The van der Waals surface area contributed by atoms with Crippen LogP contribution in [-0.4, -0.2) is 39.4 Å². The molecule has 1 aromatic carbocycles. The average molecular weight is 390 g/mol. The molecular formula is C15H20BrNO2S2. The van der Waals surface area contributed by atoms with Crippen LogP contribution in [0.5, 0.6) is 0 Å². The molecule has 1 saturated heterocycles. The van der Waals surface area contributed by atoms with Crippen LogP contribution in [-0.2, 0) is 4.79 Å². The molecule has 0 unspecified atom stereocenters. The zero-order chi connectivity index (χ0) is 15.5. The van der Waals surface area contributed by atoms with Crippen LogP contribution in [0.1, 0.15) is 20.3 Å². The standard InChI is InChI=1S/C15H20BrNO2S2/c1-14(2,21-12-5-3-11(16)4-6-12)9-17-13(18)15(19)7-8-20-10-15/h3-6,19H,7-10H2,1-2H3,(H,17,18)/t15-/m0/s1. The van der Waals surface area contributed by atoms with Gasteiger partial charge in [0.1, 0.15) is 0 Å². The van der Waals surface area contributed by atoms with E-state index >= 15 is 0 Å². The maximum atomic E-state index is 12.1. The summed E-state index contributed by atoms with van der Waals surface area (Å²) >= 11 is 6.76. The summed E-state index contributed by atoms with van der Waals surface area (Å²) in [5.41, 5.74) is -1.18. The van der Waals surface area contributed by atoms with Crippen molar-refractivity contribution in [1.29, 1.82) is 0 Å². The Morgan fingerprint density at radius 2 is 2.14 bits per heavy atom. The quantitative estimate of drug-likeness (QED) is 0.758. The third-order valence-electron chi connectivity index (χ3n) is 3.31. The fourth-order valence-electron chi connectivity index (χ4n) is 2.05. The Hall–Kier alpha value is -0.170. The van der Waals surface area contributed by atoms with Gasteiger partial charge in [0.15, 0.2) is 5.60 Å². The number of amides is 1. The van der Waals surface area contributed by atoms with Crippen LogP contribution in [0.25, 0.3) is 0 Å². The van der Waals surface area contributed by atoms with Crippen molar-refractivity contribution in [1.82, 2.24) is 5.32 Å². The molecule has 6 heteroatoms. The van der Waals surface area contributed by atoms with E-state index in [1.807, 2.05) is 12.1 Å². The lowest BCUT2D eigenvalue weighted by atomic mass is 10.0. The zero-order valence-corrected chi connectivity index (χ0v) is 15.4. The normalized spacial score (nSPS) is 22.3. The molecule has 1 amide bonds. The zero-order valence-electron chi connectivity index (χ0n) is 12.2. The summed E-state index contributed by atoms with van der Waals surface area (Å²) in [6, 6.07) is 8.13. The lowest BCUT2D eigenvalue weighted by molar-refractivity contribution is -0.137. The molecule has 1 aliphatic heterocycles. The first-order valence-corrected chi connectivity index (χ1v) is 9.60. The number of rotatable bonds is 5. The molecule has 0 bridgehead atoms. The van der Waals surface area contributed by atoms with E-state index in [2.05, 4.69) is 47.2 Å². The van der Waals surface area contributed by atoms with E-state index in [-0.39, 0.29) is 10.7 Å². The Kier molecular flexibility index (Phi) is 5.68. The summed E-state index contributed by atoms with van der Waals surface area (Å²) < 4.78 is 0.921. The van der Waals surface area contributed by atoms with Crippen LogP contribution in [0.3, 0.4) is 0 Å². The van der Waals surface area contributed by atoms with E-state index < -0.39 is 5.60 Å². The fourth-order valence-corrected chi connectivity index (χ4v) is 4.61. The van der Waals surface area contributed by atoms with Crippen molar-refractivity contribution in [3.63, 3.8) is 0 Å². The van der Waals surface area contributed by atoms with Crippen LogP contribution in [0, 0.1) is 0 Å². The number of hydrogen-bond donors (Lipinski definition) is 2. The molecule has 2 rings (SSSR count). The monoisotopic (exact) mass is 389 g/mol. The van der Waals surface area contributed by atoms with Crippen molar-refractivity contribution in [2.45, 2.75) is 35.5 Å². The smallest absolute Gasteiger partial charge is 0.252 e. The lowest BCUT2D eigenvalue weighted by Crippen LogP contribution is -2.49. The lowest BCUT2D eigenvalue weighted by Gasteiger charge is -2.27. The first-order chi connectivity index (χ1) is 9.81. The van der Waals surface area contributed by atoms with Crippen molar-refractivity contribution >= 4 is 45.4 Å². The highest BCUT2D eigenvalue weighted by Gasteiger charge is 2.39. The minimum Gasteiger partial charge on any atom is -0.379 e. The van der Waals surface area contributed by atoms with Gasteiger partial charge in [-0.15, -0.1) is 11.8 Å². The van der Waals surface area contributed by atoms with E-state index in [1.165, 1.54) is 0 Å². The molecule has 0 aromatic heterocycles. The first kappa shape index (κ1) is 17.2. The first-order valence-electron chi connectivity index (χ1n) is 6.84. The van der Waals surface area contributed by atoms with Gasteiger partial charge >= 0.3 is 0 Å². The summed E-state index contributed by atoms with van der Waals surface area (Å²) in [4.78, 5) is 13.3. The molecule has 3 nitrogen and oxygen atoms in total. The van der Waals surface area contributed by atoms with E-state index in [0.717, 1.165) is 15.1 Å². The van der Waals surface area contributed by atoms with Crippen molar-refractivity contribution in [2.24, 2.45) is 0 Å². The second-order valence-electron chi connectivity index (χ2n) is 5.83. The van der Waals surface area contributed by atoms with Crippen molar-refractivity contribution < 1.29 is 9.90 Å². The highest BCUT2D eigenvalue weighted by atomic mass is 79.9. The number of carbonyl (C=O) groups is 1. The molecule has 1 heterocycles. The molecule has 116 valence electrons. The fraction of sp³-hybridized carbons (Fsp3) is 0.533. The average Bonchev–Trinajstić information content (AvgIpc) is 2.87. The van der Waals surface area contributed by atoms with Gasteiger partial charge in [-0.25, -0.2) is 0 Å². The molecule has 0 spiro atoms. The second-order valence-corrected chi connectivity index (χ2v) is 9.63. The predicted molar refractivity (Wildman–Crippen MR) is 94.0 cm³/mol. The molecule has 1 fully saturated rings. The van der Waals surface area contributed by atoms with Gasteiger partial charge in [0.05, 0.1) is 0 Å². The molecule has 1 aliphatic rings. The Morgan fingerprint density at radius 3 is 2.71 bits per heavy atom. The third-order valence-corrected chi connectivity index (χ3v) is 6.21. The number of thioether (sulfide) groups is 2. The van der Waals surface area contributed by atoms with Crippen LogP contribution >= 0.6 is 39.5 Å². The summed E-state index contributed by atoms with van der Waals surface area (Å²) in [5, 5.41) is 13.1. The maximum absolute atomic E-state index is 12.1. The Bertz CT molecular complexity index is 499. The van der Waals surface area contributed by atoms with Gasteiger partial charge < -0.3 is 10.4 Å². The predicted octanol–water partition coefficient (Wildman–Crippen LogP) is 3.30.